The zero-order valence-corrected chi connectivity index (χ0v) is 10.6. The molecule has 2 atom stereocenters. The minimum absolute atomic E-state index is 0.302. The van der Waals surface area contributed by atoms with Crippen LogP contribution in [-0.4, -0.2) is 24.7 Å². The smallest absolute Gasteiger partial charge is 0.0618 e. The van der Waals surface area contributed by atoms with Gasteiger partial charge in [0.2, 0.25) is 0 Å². The minimum atomic E-state index is 0.302. The fraction of sp³-hybridized carbons (Fsp3) is 0.615. The van der Waals surface area contributed by atoms with Gasteiger partial charge in [0.25, 0.3) is 0 Å². The predicted molar refractivity (Wildman–Crippen MR) is 66.3 cm³/mol. The average molecular weight is 222 g/mol. The largest absolute Gasteiger partial charge is 0.383 e. The van der Waals surface area contributed by atoms with E-state index in [0.29, 0.717) is 18.0 Å². The Morgan fingerprint density at radius 2 is 2.12 bits per heavy atom. The maximum Gasteiger partial charge on any atom is 0.0618 e. The zero-order valence-electron chi connectivity index (χ0n) is 10.6. The molecule has 90 valence electrons. The number of hydrogen-bond acceptors (Lipinski definition) is 3. The Kier molecular flexibility index (Phi) is 5.43. The molecule has 0 aliphatic heterocycles. The van der Waals surface area contributed by atoms with Crippen molar-refractivity contribution >= 4 is 0 Å². The Morgan fingerprint density at radius 3 is 2.62 bits per heavy atom. The van der Waals surface area contributed by atoms with Crippen LogP contribution in [0.15, 0.2) is 24.5 Å². The van der Waals surface area contributed by atoms with Crippen LogP contribution in [0.3, 0.4) is 0 Å². The van der Waals surface area contributed by atoms with E-state index in [1.54, 1.807) is 13.3 Å². The lowest BCUT2D eigenvalue weighted by Crippen LogP contribution is -2.39. The van der Waals surface area contributed by atoms with Crippen LogP contribution < -0.4 is 5.32 Å². The standard InChI is InChI=1S/C13H22N2O/c1-10(2)13(9-16-4)15-11(3)12-6-5-7-14-8-12/h5-8,10-11,13,15H,9H2,1-4H3/t11-,13?/m0/s1. The van der Waals surface area contributed by atoms with Crippen molar-refractivity contribution in [3.05, 3.63) is 30.1 Å². The Bertz CT molecular complexity index is 287. The molecule has 16 heavy (non-hydrogen) atoms. The second-order valence-electron chi connectivity index (χ2n) is 4.48. The summed E-state index contributed by atoms with van der Waals surface area (Å²) in [7, 11) is 1.74. The fourth-order valence-corrected chi connectivity index (χ4v) is 1.66. The molecule has 0 aromatic carbocycles. The molecule has 0 fully saturated rings. The first-order valence-corrected chi connectivity index (χ1v) is 5.80. The summed E-state index contributed by atoms with van der Waals surface area (Å²) < 4.78 is 5.22. The quantitative estimate of drug-likeness (QED) is 0.802. The molecule has 0 saturated carbocycles. The van der Waals surface area contributed by atoms with Crippen molar-refractivity contribution < 1.29 is 4.74 Å². The molecule has 3 nitrogen and oxygen atoms in total. The summed E-state index contributed by atoms with van der Waals surface area (Å²) in [5.74, 6) is 0.555. The zero-order chi connectivity index (χ0) is 12.0. The van der Waals surface area contributed by atoms with Crippen molar-refractivity contribution in [1.82, 2.24) is 10.3 Å². The van der Waals surface area contributed by atoms with E-state index in [1.165, 1.54) is 5.56 Å². The summed E-state index contributed by atoms with van der Waals surface area (Å²) in [6.07, 6.45) is 3.70. The molecular weight excluding hydrogens is 200 g/mol. The van der Waals surface area contributed by atoms with Crippen LogP contribution in [0.25, 0.3) is 0 Å². The maximum absolute atomic E-state index is 5.22. The highest BCUT2D eigenvalue weighted by molar-refractivity contribution is 5.13. The van der Waals surface area contributed by atoms with E-state index in [0.717, 1.165) is 6.61 Å². The molecule has 0 radical (unpaired) electrons. The van der Waals surface area contributed by atoms with Crippen LogP contribution in [0, 0.1) is 5.92 Å². The van der Waals surface area contributed by atoms with Gasteiger partial charge in [-0.25, -0.2) is 0 Å². The lowest BCUT2D eigenvalue weighted by Gasteiger charge is -2.25. The number of nitrogens with zero attached hydrogens (tertiary/aromatic N) is 1. The molecule has 3 heteroatoms. The van der Waals surface area contributed by atoms with Gasteiger partial charge in [0.1, 0.15) is 0 Å². The molecule has 0 bridgehead atoms. The number of pyridine rings is 1. The molecule has 0 saturated heterocycles. The van der Waals surface area contributed by atoms with Crippen molar-refractivity contribution in [3.63, 3.8) is 0 Å². The van der Waals surface area contributed by atoms with Gasteiger partial charge in [-0.2, -0.15) is 0 Å². The van der Waals surface area contributed by atoms with E-state index in [4.69, 9.17) is 4.74 Å². The molecule has 1 heterocycles. The van der Waals surface area contributed by atoms with Gasteiger partial charge in [-0.1, -0.05) is 19.9 Å². The van der Waals surface area contributed by atoms with Gasteiger partial charge in [0.15, 0.2) is 0 Å². The Hall–Kier alpha value is -0.930. The summed E-state index contributed by atoms with van der Waals surface area (Å²) in [5.41, 5.74) is 1.21. The topological polar surface area (TPSA) is 34.1 Å². The Morgan fingerprint density at radius 1 is 1.38 bits per heavy atom. The molecule has 0 aliphatic rings. The normalized spacial score (nSPS) is 15.1. The first kappa shape index (κ1) is 13.1. The summed E-state index contributed by atoms with van der Waals surface area (Å²) in [4.78, 5) is 4.13. The van der Waals surface area contributed by atoms with Crippen LogP contribution in [-0.2, 0) is 4.74 Å². The summed E-state index contributed by atoms with van der Waals surface area (Å²) in [5, 5.41) is 3.57. The van der Waals surface area contributed by atoms with Gasteiger partial charge in [-0.15, -0.1) is 0 Å². The SMILES string of the molecule is COCC(N[C@@H](C)c1cccnc1)C(C)C. The number of aromatic nitrogens is 1. The van der Waals surface area contributed by atoms with Crippen LogP contribution >= 0.6 is 0 Å². The van der Waals surface area contributed by atoms with Crippen molar-refractivity contribution in [2.45, 2.75) is 32.9 Å². The molecule has 0 aliphatic carbocycles. The molecule has 1 unspecified atom stereocenters. The van der Waals surface area contributed by atoms with Crippen LogP contribution in [0.1, 0.15) is 32.4 Å². The van der Waals surface area contributed by atoms with E-state index < -0.39 is 0 Å². The molecule has 1 N–H and O–H groups in total. The minimum Gasteiger partial charge on any atom is -0.383 e. The molecular formula is C13H22N2O. The number of nitrogens with one attached hydrogen (secondary N) is 1. The van der Waals surface area contributed by atoms with E-state index in [2.05, 4.69) is 37.1 Å². The number of hydrogen-bond donors (Lipinski definition) is 1. The third kappa shape index (κ3) is 3.91. The van der Waals surface area contributed by atoms with Gasteiger partial charge >= 0.3 is 0 Å². The summed E-state index contributed by atoms with van der Waals surface area (Å²) in [6.45, 7) is 7.30. The monoisotopic (exact) mass is 222 g/mol. The summed E-state index contributed by atoms with van der Waals surface area (Å²) >= 11 is 0. The molecule has 1 aromatic heterocycles. The second kappa shape index (κ2) is 6.61. The van der Waals surface area contributed by atoms with Crippen LogP contribution in [0.5, 0.6) is 0 Å². The van der Waals surface area contributed by atoms with E-state index in [-0.39, 0.29) is 0 Å². The predicted octanol–water partition coefficient (Wildman–Crippen LogP) is 2.40. The van der Waals surface area contributed by atoms with Gasteiger partial charge in [-0.3, -0.25) is 4.98 Å². The molecule has 0 amide bonds. The second-order valence-corrected chi connectivity index (χ2v) is 4.48. The van der Waals surface area contributed by atoms with Crippen LogP contribution in [0.2, 0.25) is 0 Å². The van der Waals surface area contributed by atoms with E-state index >= 15 is 0 Å². The molecule has 0 spiro atoms. The number of rotatable bonds is 6. The molecule has 1 rings (SSSR count). The first-order chi connectivity index (χ1) is 7.65. The summed E-state index contributed by atoms with van der Waals surface area (Å²) in [6, 6.07) is 4.74. The lowest BCUT2D eigenvalue weighted by atomic mass is 10.0. The highest BCUT2D eigenvalue weighted by atomic mass is 16.5. The van der Waals surface area contributed by atoms with E-state index in [9.17, 15) is 0 Å². The fourth-order valence-electron chi connectivity index (χ4n) is 1.66. The van der Waals surface area contributed by atoms with Gasteiger partial charge in [-0.05, 0) is 24.5 Å². The van der Waals surface area contributed by atoms with Gasteiger partial charge < -0.3 is 10.1 Å². The Balaban J connectivity index is 2.58. The highest BCUT2D eigenvalue weighted by Gasteiger charge is 2.16. The molecule has 1 aromatic rings. The van der Waals surface area contributed by atoms with Gasteiger partial charge in [0.05, 0.1) is 6.61 Å². The lowest BCUT2D eigenvalue weighted by molar-refractivity contribution is 0.141. The van der Waals surface area contributed by atoms with Crippen molar-refractivity contribution in [2.75, 3.05) is 13.7 Å². The third-order valence-corrected chi connectivity index (χ3v) is 2.80. The van der Waals surface area contributed by atoms with Crippen molar-refractivity contribution in [2.24, 2.45) is 5.92 Å². The van der Waals surface area contributed by atoms with Crippen LogP contribution in [0.4, 0.5) is 0 Å². The van der Waals surface area contributed by atoms with Gasteiger partial charge in [0, 0.05) is 31.6 Å². The maximum atomic E-state index is 5.22. The third-order valence-electron chi connectivity index (χ3n) is 2.80. The highest BCUT2D eigenvalue weighted by Crippen LogP contribution is 2.13. The Labute approximate surface area is 98.2 Å². The van der Waals surface area contributed by atoms with E-state index in [1.807, 2.05) is 12.3 Å². The number of methoxy groups -OCH3 is 1. The number of ether oxygens (including phenoxy) is 1. The van der Waals surface area contributed by atoms with Crippen molar-refractivity contribution in [1.29, 1.82) is 0 Å². The first-order valence-electron chi connectivity index (χ1n) is 5.80. The average Bonchev–Trinajstić information content (AvgIpc) is 2.29. The van der Waals surface area contributed by atoms with Crippen molar-refractivity contribution in [3.8, 4) is 0 Å².